The Balaban J connectivity index is 3.30. The molecule has 0 saturated carbocycles. The Morgan fingerprint density at radius 1 is 1.46 bits per heavy atom. The van der Waals surface area contributed by atoms with Crippen LogP contribution in [-0.2, 0) is 10.8 Å². The van der Waals surface area contributed by atoms with Crippen molar-refractivity contribution in [2.24, 2.45) is 0 Å². The molecule has 72 valence electrons. The van der Waals surface area contributed by atoms with E-state index >= 15 is 0 Å². The zero-order valence-corrected chi connectivity index (χ0v) is 8.64. The monoisotopic (exact) mass is 200 g/mol. The van der Waals surface area contributed by atoms with Crippen LogP contribution in [0, 0.1) is 6.92 Å². The Labute approximate surface area is 79.8 Å². The van der Waals surface area contributed by atoms with Crippen LogP contribution in [0.4, 0.5) is 0 Å². The van der Waals surface area contributed by atoms with Crippen LogP contribution < -0.4 is 4.74 Å². The van der Waals surface area contributed by atoms with E-state index in [9.17, 15) is 9.32 Å². The zero-order valence-electron chi connectivity index (χ0n) is 7.83. The quantitative estimate of drug-likeness (QED) is 0.786. The minimum Gasteiger partial charge on any atom is -0.504 e. The molecular weight excluding hydrogens is 188 g/mol. The molecule has 0 spiro atoms. The van der Waals surface area contributed by atoms with E-state index in [2.05, 4.69) is 0 Å². The van der Waals surface area contributed by atoms with Gasteiger partial charge in [0.2, 0.25) is 0 Å². The van der Waals surface area contributed by atoms with Crippen molar-refractivity contribution in [3.63, 3.8) is 0 Å². The third kappa shape index (κ3) is 2.01. The van der Waals surface area contributed by atoms with Crippen molar-refractivity contribution in [1.82, 2.24) is 0 Å². The molecule has 1 N–H and O–H groups in total. The number of aromatic hydroxyl groups is 1. The second kappa shape index (κ2) is 3.79. The summed E-state index contributed by atoms with van der Waals surface area (Å²) >= 11 is 0. The summed E-state index contributed by atoms with van der Waals surface area (Å²) in [5.74, 6) is 0.435. The Kier molecular flexibility index (Phi) is 2.93. The number of phenolic OH excluding ortho intramolecular Hbond substituents is 1. The number of rotatable bonds is 2. The number of benzene rings is 1. The molecule has 1 aromatic carbocycles. The van der Waals surface area contributed by atoms with E-state index in [0.29, 0.717) is 10.6 Å². The molecule has 0 amide bonds. The number of phenols is 1. The van der Waals surface area contributed by atoms with Crippen LogP contribution in [0.3, 0.4) is 0 Å². The number of ether oxygens (including phenoxy) is 1. The fourth-order valence-electron chi connectivity index (χ4n) is 1.13. The highest BCUT2D eigenvalue weighted by atomic mass is 32.2. The van der Waals surface area contributed by atoms with Gasteiger partial charge in [0.25, 0.3) is 0 Å². The molecule has 1 rings (SSSR count). The van der Waals surface area contributed by atoms with Crippen LogP contribution in [0.1, 0.15) is 5.56 Å². The van der Waals surface area contributed by atoms with E-state index in [4.69, 9.17) is 4.74 Å². The van der Waals surface area contributed by atoms with Crippen molar-refractivity contribution in [2.75, 3.05) is 13.4 Å². The predicted molar refractivity (Wildman–Crippen MR) is 51.7 cm³/mol. The highest BCUT2D eigenvalue weighted by Gasteiger charge is 2.08. The lowest BCUT2D eigenvalue weighted by Crippen LogP contribution is -1.93. The minimum absolute atomic E-state index is 0.0780. The lowest BCUT2D eigenvalue weighted by molar-refractivity contribution is 0.372. The van der Waals surface area contributed by atoms with Gasteiger partial charge >= 0.3 is 0 Å². The Hall–Kier alpha value is -1.03. The standard InChI is InChI=1S/C9H12O3S/c1-6-4-7(10)8(12-2)5-9(6)13(3)11/h4-5,10H,1-3H3. The molecule has 0 aliphatic carbocycles. The largest absolute Gasteiger partial charge is 0.504 e. The van der Waals surface area contributed by atoms with Crippen molar-refractivity contribution in [3.05, 3.63) is 17.7 Å². The first-order valence-corrected chi connectivity index (χ1v) is 5.33. The third-order valence-corrected chi connectivity index (χ3v) is 2.85. The molecule has 0 saturated heterocycles. The van der Waals surface area contributed by atoms with Gasteiger partial charge < -0.3 is 9.84 Å². The summed E-state index contributed by atoms with van der Waals surface area (Å²) in [6.45, 7) is 1.80. The van der Waals surface area contributed by atoms with Crippen LogP contribution in [0.15, 0.2) is 17.0 Å². The molecule has 0 radical (unpaired) electrons. The van der Waals surface area contributed by atoms with E-state index in [0.717, 1.165) is 5.56 Å². The SMILES string of the molecule is COc1cc(S(C)=O)c(C)cc1O. The van der Waals surface area contributed by atoms with Gasteiger partial charge in [0.1, 0.15) is 0 Å². The fraction of sp³-hybridized carbons (Fsp3) is 0.333. The summed E-state index contributed by atoms with van der Waals surface area (Å²) in [6, 6.07) is 3.15. The van der Waals surface area contributed by atoms with Crippen molar-refractivity contribution in [2.45, 2.75) is 11.8 Å². The maximum atomic E-state index is 11.2. The lowest BCUT2D eigenvalue weighted by atomic mass is 10.2. The second-order valence-electron chi connectivity index (χ2n) is 2.74. The summed E-state index contributed by atoms with van der Waals surface area (Å²) in [7, 11) is 0.413. The van der Waals surface area contributed by atoms with Crippen LogP contribution in [0.5, 0.6) is 11.5 Å². The van der Waals surface area contributed by atoms with Gasteiger partial charge in [0.15, 0.2) is 11.5 Å². The third-order valence-electron chi connectivity index (χ3n) is 1.79. The highest BCUT2D eigenvalue weighted by Crippen LogP contribution is 2.30. The zero-order chi connectivity index (χ0) is 10.0. The Morgan fingerprint density at radius 3 is 2.54 bits per heavy atom. The topological polar surface area (TPSA) is 46.5 Å². The average Bonchev–Trinajstić information content (AvgIpc) is 2.03. The molecule has 13 heavy (non-hydrogen) atoms. The first-order valence-electron chi connectivity index (χ1n) is 3.77. The molecule has 0 bridgehead atoms. The number of methoxy groups -OCH3 is 1. The van der Waals surface area contributed by atoms with Crippen molar-refractivity contribution < 1.29 is 14.1 Å². The first-order chi connectivity index (χ1) is 6.06. The fourth-order valence-corrected chi connectivity index (χ4v) is 1.91. The van der Waals surface area contributed by atoms with E-state index < -0.39 is 10.8 Å². The molecule has 1 atom stereocenters. The van der Waals surface area contributed by atoms with Gasteiger partial charge in [-0.3, -0.25) is 4.21 Å². The summed E-state index contributed by atoms with van der Waals surface area (Å²) < 4.78 is 16.1. The maximum Gasteiger partial charge on any atom is 0.161 e. The second-order valence-corrected chi connectivity index (χ2v) is 4.09. The molecule has 0 aliphatic heterocycles. The van der Waals surface area contributed by atoms with Crippen molar-refractivity contribution in [3.8, 4) is 11.5 Å². The summed E-state index contributed by atoms with van der Waals surface area (Å²) in [6.07, 6.45) is 1.60. The number of hydrogen-bond acceptors (Lipinski definition) is 3. The van der Waals surface area contributed by atoms with Crippen LogP contribution in [0.2, 0.25) is 0 Å². The molecular formula is C9H12O3S. The van der Waals surface area contributed by atoms with Gasteiger partial charge in [-0.2, -0.15) is 0 Å². The predicted octanol–water partition coefficient (Wildman–Crippen LogP) is 1.45. The van der Waals surface area contributed by atoms with Gasteiger partial charge in [-0.25, -0.2) is 0 Å². The van der Waals surface area contributed by atoms with Gasteiger partial charge in [-0.15, -0.1) is 0 Å². The van der Waals surface area contributed by atoms with E-state index in [1.165, 1.54) is 7.11 Å². The van der Waals surface area contributed by atoms with E-state index in [-0.39, 0.29) is 5.75 Å². The number of hydrogen-bond donors (Lipinski definition) is 1. The summed E-state index contributed by atoms with van der Waals surface area (Å²) in [5.41, 5.74) is 0.805. The Morgan fingerprint density at radius 2 is 2.08 bits per heavy atom. The van der Waals surface area contributed by atoms with E-state index in [1.807, 2.05) is 0 Å². The summed E-state index contributed by atoms with van der Waals surface area (Å²) in [4.78, 5) is 0.689. The van der Waals surface area contributed by atoms with Gasteiger partial charge in [-0.1, -0.05) is 0 Å². The van der Waals surface area contributed by atoms with Gasteiger partial charge in [-0.05, 0) is 18.6 Å². The van der Waals surface area contributed by atoms with Gasteiger partial charge in [0.05, 0.1) is 17.9 Å². The highest BCUT2D eigenvalue weighted by molar-refractivity contribution is 7.84. The summed E-state index contributed by atoms with van der Waals surface area (Å²) in [5, 5.41) is 9.37. The molecule has 0 aliphatic rings. The molecule has 3 nitrogen and oxygen atoms in total. The van der Waals surface area contributed by atoms with E-state index in [1.54, 1.807) is 25.3 Å². The van der Waals surface area contributed by atoms with Crippen LogP contribution in [0.25, 0.3) is 0 Å². The molecule has 1 aromatic rings. The smallest absolute Gasteiger partial charge is 0.161 e. The average molecular weight is 200 g/mol. The number of aryl methyl sites for hydroxylation is 1. The molecule has 0 aromatic heterocycles. The molecule has 4 heteroatoms. The minimum atomic E-state index is -1.05. The molecule has 0 fully saturated rings. The molecule has 1 unspecified atom stereocenters. The van der Waals surface area contributed by atoms with Crippen molar-refractivity contribution >= 4 is 10.8 Å². The lowest BCUT2D eigenvalue weighted by Gasteiger charge is -2.07. The van der Waals surface area contributed by atoms with Crippen LogP contribution in [-0.4, -0.2) is 22.7 Å². The normalized spacial score (nSPS) is 12.5. The molecule has 0 heterocycles. The van der Waals surface area contributed by atoms with Crippen molar-refractivity contribution in [1.29, 1.82) is 0 Å². The van der Waals surface area contributed by atoms with Gasteiger partial charge in [0, 0.05) is 17.2 Å². The first kappa shape index (κ1) is 10.1. The maximum absolute atomic E-state index is 11.2. The Bertz CT molecular complexity index is 347. The van der Waals surface area contributed by atoms with Crippen LogP contribution >= 0.6 is 0 Å².